The van der Waals surface area contributed by atoms with Crippen LogP contribution in [-0.2, 0) is 14.3 Å². The highest BCUT2D eigenvalue weighted by Crippen LogP contribution is 2.18. The van der Waals surface area contributed by atoms with Crippen LogP contribution in [0.2, 0.25) is 0 Å². The van der Waals surface area contributed by atoms with Gasteiger partial charge in [-0.3, -0.25) is 4.79 Å². The summed E-state index contributed by atoms with van der Waals surface area (Å²) in [6.45, 7) is 2.22. The zero-order chi connectivity index (χ0) is 16.5. The van der Waals surface area contributed by atoms with Gasteiger partial charge in [-0.25, -0.2) is 0 Å². The predicted octanol–water partition coefficient (Wildman–Crippen LogP) is 2.15. The van der Waals surface area contributed by atoms with Crippen molar-refractivity contribution in [2.75, 3.05) is 26.1 Å². The number of benzene rings is 1. The molecule has 0 bridgehead atoms. The van der Waals surface area contributed by atoms with E-state index < -0.39 is 12.2 Å². The standard InChI is InChI=1S/C15H18IN3O3/c1-10-6-12(16)4-5-13(10)19-15(20)11(7-17)8-18-9-14(21-2)22-3/h4-6,8,14,18H,9H2,1-3H3,(H,19,20)/b11-8-. The van der Waals surface area contributed by atoms with Crippen LogP contribution in [0.4, 0.5) is 5.69 Å². The second kappa shape index (κ2) is 9.40. The van der Waals surface area contributed by atoms with E-state index in [1.807, 2.05) is 31.2 Å². The van der Waals surface area contributed by atoms with E-state index >= 15 is 0 Å². The molecule has 0 atom stereocenters. The molecule has 1 rings (SSSR count). The molecule has 0 heterocycles. The zero-order valence-electron chi connectivity index (χ0n) is 12.6. The van der Waals surface area contributed by atoms with Gasteiger partial charge in [-0.15, -0.1) is 0 Å². The van der Waals surface area contributed by atoms with Crippen molar-refractivity contribution < 1.29 is 14.3 Å². The van der Waals surface area contributed by atoms with Crippen LogP contribution in [0.5, 0.6) is 0 Å². The Morgan fingerprint density at radius 1 is 1.45 bits per heavy atom. The van der Waals surface area contributed by atoms with Crippen LogP contribution in [0.25, 0.3) is 0 Å². The van der Waals surface area contributed by atoms with Gasteiger partial charge in [0.15, 0.2) is 6.29 Å². The summed E-state index contributed by atoms with van der Waals surface area (Å²) in [7, 11) is 3.02. The number of hydrogen-bond acceptors (Lipinski definition) is 5. The summed E-state index contributed by atoms with van der Waals surface area (Å²) in [4.78, 5) is 12.1. The molecular formula is C15H18IN3O3. The Labute approximate surface area is 143 Å². The van der Waals surface area contributed by atoms with Crippen LogP contribution < -0.4 is 10.6 Å². The second-order valence-electron chi connectivity index (χ2n) is 4.39. The van der Waals surface area contributed by atoms with E-state index in [1.165, 1.54) is 20.4 Å². The van der Waals surface area contributed by atoms with Crippen LogP contribution in [0, 0.1) is 21.8 Å². The van der Waals surface area contributed by atoms with Gasteiger partial charge in [-0.05, 0) is 53.3 Å². The minimum Gasteiger partial charge on any atom is -0.385 e. The highest BCUT2D eigenvalue weighted by Gasteiger charge is 2.11. The number of rotatable bonds is 7. The van der Waals surface area contributed by atoms with Crippen molar-refractivity contribution in [3.63, 3.8) is 0 Å². The first-order valence-corrected chi connectivity index (χ1v) is 7.56. The highest BCUT2D eigenvalue weighted by molar-refractivity contribution is 14.1. The molecule has 0 aromatic heterocycles. The Bertz CT molecular complexity index is 592. The molecule has 1 amide bonds. The molecule has 0 saturated heterocycles. The quantitative estimate of drug-likeness (QED) is 0.309. The number of anilines is 1. The summed E-state index contributed by atoms with van der Waals surface area (Å²) in [6.07, 6.45) is 0.903. The summed E-state index contributed by atoms with van der Waals surface area (Å²) in [5, 5.41) is 14.6. The third-order valence-electron chi connectivity index (χ3n) is 2.86. The summed E-state index contributed by atoms with van der Waals surface area (Å²) in [6, 6.07) is 7.51. The molecule has 0 aliphatic carbocycles. The number of hydrogen-bond donors (Lipinski definition) is 2. The minimum absolute atomic E-state index is 0.0242. The largest absolute Gasteiger partial charge is 0.385 e. The number of nitriles is 1. The van der Waals surface area contributed by atoms with E-state index in [4.69, 9.17) is 14.7 Å². The van der Waals surface area contributed by atoms with Gasteiger partial charge in [0, 0.05) is 29.7 Å². The fourth-order valence-electron chi connectivity index (χ4n) is 1.63. The average molecular weight is 415 g/mol. The van der Waals surface area contributed by atoms with Crippen molar-refractivity contribution in [3.05, 3.63) is 39.1 Å². The van der Waals surface area contributed by atoms with Gasteiger partial charge in [-0.2, -0.15) is 5.26 Å². The van der Waals surface area contributed by atoms with Crippen LogP contribution >= 0.6 is 22.6 Å². The fourth-order valence-corrected chi connectivity index (χ4v) is 2.27. The number of halogens is 1. The maximum atomic E-state index is 12.1. The zero-order valence-corrected chi connectivity index (χ0v) is 14.8. The molecule has 1 aromatic rings. The van der Waals surface area contributed by atoms with E-state index in [2.05, 4.69) is 33.2 Å². The van der Waals surface area contributed by atoms with Gasteiger partial charge in [0.25, 0.3) is 5.91 Å². The smallest absolute Gasteiger partial charge is 0.267 e. The molecule has 0 saturated carbocycles. The van der Waals surface area contributed by atoms with Crippen LogP contribution in [-0.4, -0.2) is 33.0 Å². The topological polar surface area (TPSA) is 83.4 Å². The first-order chi connectivity index (χ1) is 10.5. The third-order valence-corrected chi connectivity index (χ3v) is 3.53. The fraction of sp³-hybridized carbons (Fsp3) is 0.333. The average Bonchev–Trinajstić information content (AvgIpc) is 2.50. The first kappa shape index (κ1) is 18.4. The molecular weight excluding hydrogens is 397 g/mol. The number of methoxy groups -OCH3 is 2. The maximum Gasteiger partial charge on any atom is 0.267 e. The summed E-state index contributed by atoms with van der Waals surface area (Å²) >= 11 is 2.20. The third kappa shape index (κ3) is 5.63. The Morgan fingerprint density at radius 2 is 2.14 bits per heavy atom. The van der Waals surface area contributed by atoms with Gasteiger partial charge in [0.05, 0.1) is 6.54 Å². The Balaban J connectivity index is 2.70. The van der Waals surface area contributed by atoms with E-state index in [0.717, 1.165) is 9.13 Å². The van der Waals surface area contributed by atoms with Gasteiger partial charge in [0.1, 0.15) is 11.6 Å². The molecule has 1 aromatic carbocycles. The predicted molar refractivity (Wildman–Crippen MR) is 92.0 cm³/mol. The lowest BCUT2D eigenvalue weighted by Gasteiger charge is -2.13. The van der Waals surface area contributed by atoms with Gasteiger partial charge < -0.3 is 20.1 Å². The number of nitrogens with one attached hydrogen (secondary N) is 2. The van der Waals surface area contributed by atoms with E-state index in [1.54, 1.807) is 0 Å². The Hall–Kier alpha value is -1.63. The molecule has 0 spiro atoms. The number of ether oxygens (including phenoxy) is 2. The molecule has 0 fully saturated rings. The maximum absolute atomic E-state index is 12.1. The van der Waals surface area contributed by atoms with Crippen LogP contribution in [0.15, 0.2) is 30.0 Å². The SMILES string of the molecule is COC(CN/C=C(/C#N)C(=O)Nc1ccc(I)cc1C)OC. The molecule has 6 nitrogen and oxygen atoms in total. The molecule has 0 aliphatic heterocycles. The molecule has 0 radical (unpaired) electrons. The van der Waals surface area contributed by atoms with Gasteiger partial charge in [0.2, 0.25) is 0 Å². The van der Waals surface area contributed by atoms with Crippen molar-refractivity contribution in [2.45, 2.75) is 13.2 Å². The molecule has 7 heteroatoms. The lowest BCUT2D eigenvalue weighted by molar-refractivity contribution is -0.112. The van der Waals surface area contributed by atoms with Crippen LogP contribution in [0.3, 0.4) is 0 Å². The van der Waals surface area contributed by atoms with Gasteiger partial charge >= 0.3 is 0 Å². The van der Waals surface area contributed by atoms with Crippen molar-refractivity contribution >= 4 is 34.2 Å². The summed E-state index contributed by atoms with van der Waals surface area (Å²) < 4.78 is 11.1. The number of amides is 1. The first-order valence-electron chi connectivity index (χ1n) is 6.48. The Morgan fingerprint density at radius 3 is 2.68 bits per heavy atom. The van der Waals surface area contributed by atoms with Crippen molar-refractivity contribution in [2.24, 2.45) is 0 Å². The number of nitrogens with zero attached hydrogens (tertiary/aromatic N) is 1. The number of carbonyl (C=O) groups is 1. The minimum atomic E-state index is -0.467. The molecule has 2 N–H and O–H groups in total. The summed E-state index contributed by atoms with van der Waals surface area (Å²) in [5.74, 6) is -0.467. The van der Waals surface area contributed by atoms with Crippen molar-refractivity contribution in [3.8, 4) is 6.07 Å². The number of carbonyl (C=O) groups excluding carboxylic acids is 1. The van der Waals surface area contributed by atoms with E-state index in [0.29, 0.717) is 12.2 Å². The normalized spacial score (nSPS) is 11.2. The van der Waals surface area contributed by atoms with Crippen molar-refractivity contribution in [1.29, 1.82) is 5.26 Å². The molecule has 0 unspecified atom stereocenters. The second-order valence-corrected chi connectivity index (χ2v) is 5.64. The monoisotopic (exact) mass is 415 g/mol. The summed E-state index contributed by atoms with van der Waals surface area (Å²) in [5.41, 5.74) is 1.59. The lowest BCUT2D eigenvalue weighted by atomic mass is 10.2. The lowest BCUT2D eigenvalue weighted by Crippen LogP contribution is -2.27. The van der Waals surface area contributed by atoms with Gasteiger partial charge in [-0.1, -0.05) is 0 Å². The number of aryl methyl sites for hydroxylation is 1. The van der Waals surface area contributed by atoms with Crippen LogP contribution in [0.1, 0.15) is 5.56 Å². The highest BCUT2D eigenvalue weighted by atomic mass is 127. The Kier molecular flexibility index (Phi) is 7.87. The van der Waals surface area contributed by atoms with Crippen molar-refractivity contribution in [1.82, 2.24) is 5.32 Å². The van der Waals surface area contributed by atoms with E-state index in [-0.39, 0.29) is 5.57 Å². The molecule has 0 aliphatic rings. The molecule has 118 valence electrons. The van der Waals surface area contributed by atoms with E-state index in [9.17, 15) is 4.79 Å². The molecule has 22 heavy (non-hydrogen) atoms.